The summed E-state index contributed by atoms with van der Waals surface area (Å²) in [6, 6.07) is 57.2. The molecule has 0 amide bonds. The molecule has 0 saturated heterocycles. The Morgan fingerprint density at radius 3 is 1.83 bits per heavy atom. The van der Waals surface area contributed by atoms with E-state index in [-0.39, 0.29) is 0 Å². The molecular formula is C43H27N5. The SMILES string of the molecule is c1ccc(-n2c(-c3ccc(-c4ccc5nc(-c6ccc7ccccc7c6)n6c7ccccc7nc6c5c4)cc3)nc3ccccc32)cc1. The summed E-state index contributed by atoms with van der Waals surface area (Å²) in [5.41, 5.74) is 11.3. The Morgan fingerprint density at radius 2 is 1.00 bits per heavy atom. The Bertz CT molecular complexity index is 2830. The minimum Gasteiger partial charge on any atom is -0.292 e. The summed E-state index contributed by atoms with van der Waals surface area (Å²) in [6.45, 7) is 0. The Labute approximate surface area is 276 Å². The zero-order chi connectivity index (χ0) is 31.6. The molecule has 7 aromatic carbocycles. The number of para-hydroxylation sites is 5. The van der Waals surface area contributed by atoms with E-state index >= 15 is 0 Å². The Hall–Kier alpha value is -6.59. The molecule has 0 unspecified atom stereocenters. The summed E-state index contributed by atoms with van der Waals surface area (Å²) in [7, 11) is 0. The van der Waals surface area contributed by atoms with Gasteiger partial charge in [-0.2, -0.15) is 0 Å². The maximum Gasteiger partial charge on any atom is 0.149 e. The van der Waals surface area contributed by atoms with Gasteiger partial charge in [-0.25, -0.2) is 15.0 Å². The van der Waals surface area contributed by atoms with E-state index in [0.29, 0.717) is 0 Å². The van der Waals surface area contributed by atoms with Crippen LogP contribution in [0.3, 0.4) is 0 Å². The van der Waals surface area contributed by atoms with E-state index in [4.69, 9.17) is 15.0 Å². The first-order chi connectivity index (χ1) is 23.8. The Kier molecular flexibility index (Phi) is 5.81. The van der Waals surface area contributed by atoms with Gasteiger partial charge in [0.25, 0.3) is 0 Å². The standard InChI is InChI=1S/C43H27N5/c1-2-12-34(13-3-1)47-39-16-8-6-14-37(39)45-41(47)30-21-18-29(19-22-30)32-24-25-36-35(27-32)43-46-38-15-7-9-17-40(38)48(43)42(44-36)33-23-20-28-10-4-5-11-31(28)26-33/h1-27H. The van der Waals surface area contributed by atoms with Gasteiger partial charge in [-0.1, -0.05) is 109 Å². The number of rotatable bonds is 4. The fourth-order valence-electron chi connectivity index (χ4n) is 6.97. The maximum atomic E-state index is 5.26. The summed E-state index contributed by atoms with van der Waals surface area (Å²) in [5.74, 6) is 1.80. The molecule has 0 fully saturated rings. The molecule has 5 heteroatoms. The molecule has 48 heavy (non-hydrogen) atoms. The fourth-order valence-corrected chi connectivity index (χ4v) is 6.97. The van der Waals surface area contributed by atoms with Crippen LogP contribution in [-0.2, 0) is 0 Å². The molecule has 0 saturated carbocycles. The number of hydrogen-bond acceptors (Lipinski definition) is 3. The van der Waals surface area contributed by atoms with Crippen molar-refractivity contribution in [1.82, 2.24) is 23.9 Å². The predicted molar refractivity (Wildman–Crippen MR) is 196 cm³/mol. The van der Waals surface area contributed by atoms with Crippen LogP contribution < -0.4 is 0 Å². The molecule has 3 aromatic heterocycles. The van der Waals surface area contributed by atoms with E-state index in [1.165, 1.54) is 10.8 Å². The topological polar surface area (TPSA) is 48.0 Å². The number of fused-ring (bicyclic) bond motifs is 7. The molecule has 5 nitrogen and oxygen atoms in total. The molecule has 3 heterocycles. The van der Waals surface area contributed by atoms with Crippen LogP contribution in [0.25, 0.3) is 89.0 Å². The van der Waals surface area contributed by atoms with Gasteiger partial charge in [0.15, 0.2) is 0 Å². The van der Waals surface area contributed by atoms with Gasteiger partial charge in [-0.15, -0.1) is 0 Å². The molecule has 0 radical (unpaired) electrons. The third-order valence-corrected chi connectivity index (χ3v) is 9.30. The average molecular weight is 614 g/mol. The van der Waals surface area contributed by atoms with E-state index in [1.807, 2.05) is 18.2 Å². The number of aromatic nitrogens is 5. The zero-order valence-electron chi connectivity index (χ0n) is 25.8. The lowest BCUT2D eigenvalue weighted by Crippen LogP contribution is -1.98. The monoisotopic (exact) mass is 613 g/mol. The molecular weight excluding hydrogens is 587 g/mol. The van der Waals surface area contributed by atoms with Gasteiger partial charge in [-0.3, -0.25) is 8.97 Å². The summed E-state index contributed by atoms with van der Waals surface area (Å²) < 4.78 is 4.45. The summed E-state index contributed by atoms with van der Waals surface area (Å²) in [5, 5.41) is 3.41. The second-order valence-corrected chi connectivity index (χ2v) is 12.2. The van der Waals surface area contributed by atoms with Crippen LogP contribution in [0.5, 0.6) is 0 Å². The highest BCUT2D eigenvalue weighted by Crippen LogP contribution is 2.35. The normalized spacial score (nSPS) is 11.8. The summed E-state index contributed by atoms with van der Waals surface area (Å²) in [4.78, 5) is 15.5. The smallest absolute Gasteiger partial charge is 0.149 e. The van der Waals surface area contributed by atoms with Gasteiger partial charge < -0.3 is 0 Å². The van der Waals surface area contributed by atoms with E-state index in [2.05, 4.69) is 155 Å². The molecule has 0 aliphatic heterocycles. The van der Waals surface area contributed by atoms with Gasteiger partial charge in [0, 0.05) is 22.2 Å². The summed E-state index contributed by atoms with van der Waals surface area (Å²) in [6.07, 6.45) is 0. The van der Waals surface area contributed by atoms with Crippen molar-refractivity contribution in [1.29, 1.82) is 0 Å². The first-order valence-electron chi connectivity index (χ1n) is 16.1. The fraction of sp³-hybridized carbons (Fsp3) is 0. The number of benzene rings is 7. The lowest BCUT2D eigenvalue weighted by Gasteiger charge is -2.12. The molecule has 224 valence electrons. The van der Waals surface area contributed by atoms with Crippen LogP contribution in [0, 0.1) is 0 Å². The molecule has 0 N–H and O–H groups in total. The van der Waals surface area contributed by atoms with Crippen LogP contribution in [0.4, 0.5) is 0 Å². The van der Waals surface area contributed by atoms with Crippen molar-refractivity contribution in [3.8, 4) is 39.6 Å². The lowest BCUT2D eigenvalue weighted by molar-refractivity contribution is 1.10. The van der Waals surface area contributed by atoms with E-state index in [1.54, 1.807) is 0 Å². The van der Waals surface area contributed by atoms with Crippen molar-refractivity contribution < 1.29 is 0 Å². The van der Waals surface area contributed by atoms with Gasteiger partial charge >= 0.3 is 0 Å². The number of nitrogens with zero attached hydrogens (tertiary/aromatic N) is 5. The van der Waals surface area contributed by atoms with E-state index in [0.717, 1.165) is 78.2 Å². The van der Waals surface area contributed by atoms with Crippen molar-refractivity contribution in [3.05, 3.63) is 164 Å². The molecule has 0 aliphatic carbocycles. The third-order valence-electron chi connectivity index (χ3n) is 9.30. The molecule has 10 rings (SSSR count). The molecule has 0 atom stereocenters. The number of hydrogen-bond donors (Lipinski definition) is 0. The second-order valence-electron chi connectivity index (χ2n) is 12.2. The maximum absolute atomic E-state index is 5.26. The Balaban J connectivity index is 1.12. The van der Waals surface area contributed by atoms with Crippen molar-refractivity contribution in [3.63, 3.8) is 0 Å². The van der Waals surface area contributed by atoms with Gasteiger partial charge in [0.2, 0.25) is 0 Å². The molecule has 0 aliphatic rings. The summed E-state index contributed by atoms with van der Waals surface area (Å²) >= 11 is 0. The minimum absolute atomic E-state index is 0.885. The highest BCUT2D eigenvalue weighted by Gasteiger charge is 2.17. The minimum atomic E-state index is 0.885. The van der Waals surface area contributed by atoms with Crippen LogP contribution in [-0.4, -0.2) is 23.9 Å². The van der Waals surface area contributed by atoms with Crippen LogP contribution in [0.1, 0.15) is 0 Å². The first-order valence-corrected chi connectivity index (χ1v) is 16.1. The second kappa shape index (κ2) is 10.5. The van der Waals surface area contributed by atoms with Crippen LogP contribution in [0.2, 0.25) is 0 Å². The van der Waals surface area contributed by atoms with E-state index < -0.39 is 0 Å². The van der Waals surface area contributed by atoms with Gasteiger partial charge in [-0.05, 0) is 76.5 Å². The van der Waals surface area contributed by atoms with E-state index in [9.17, 15) is 0 Å². The lowest BCUT2D eigenvalue weighted by atomic mass is 10.0. The average Bonchev–Trinajstić information content (AvgIpc) is 3.74. The highest BCUT2D eigenvalue weighted by atomic mass is 15.1. The highest BCUT2D eigenvalue weighted by molar-refractivity contribution is 6.01. The molecule has 0 bridgehead atoms. The Morgan fingerprint density at radius 1 is 0.375 bits per heavy atom. The van der Waals surface area contributed by atoms with Crippen molar-refractivity contribution in [2.45, 2.75) is 0 Å². The predicted octanol–water partition coefficient (Wildman–Crippen LogP) is 10.5. The third kappa shape index (κ3) is 4.15. The van der Waals surface area contributed by atoms with Gasteiger partial charge in [0.05, 0.1) is 27.6 Å². The quantitative estimate of drug-likeness (QED) is 0.198. The number of imidazole rings is 2. The van der Waals surface area contributed by atoms with Crippen molar-refractivity contribution in [2.75, 3.05) is 0 Å². The first kappa shape index (κ1) is 26.6. The van der Waals surface area contributed by atoms with Gasteiger partial charge in [0.1, 0.15) is 17.3 Å². The largest absolute Gasteiger partial charge is 0.292 e. The van der Waals surface area contributed by atoms with Crippen LogP contribution in [0.15, 0.2) is 164 Å². The molecule has 10 aromatic rings. The van der Waals surface area contributed by atoms with Crippen molar-refractivity contribution in [2.24, 2.45) is 0 Å². The van der Waals surface area contributed by atoms with Crippen LogP contribution >= 0.6 is 0 Å². The zero-order valence-corrected chi connectivity index (χ0v) is 25.8. The molecule has 0 spiro atoms. The van der Waals surface area contributed by atoms with Crippen molar-refractivity contribution >= 4 is 49.4 Å².